The molecule has 116 valence electrons. The van der Waals surface area contributed by atoms with Gasteiger partial charge < -0.3 is 0 Å². The predicted molar refractivity (Wildman–Crippen MR) is 87.8 cm³/mol. The Balaban J connectivity index is 1.73. The Bertz CT molecular complexity index is 602. The van der Waals surface area contributed by atoms with Crippen molar-refractivity contribution in [3.8, 4) is 0 Å². The number of hydrogen-bond acceptors (Lipinski definition) is 5. The molecule has 2 aromatic heterocycles. The van der Waals surface area contributed by atoms with E-state index in [9.17, 15) is 4.79 Å². The lowest BCUT2D eigenvalue weighted by Crippen LogP contribution is -2.49. The van der Waals surface area contributed by atoms with E-state index in [0.29, 0.717) is 0 Å². The van der Waals surface area contributed by atoms with Crippen molar-refractivity contribution in [2.24, 2.45) is 0 Å². The number of likely N-dealkylation sites (N-methyl/N-ethyl adjacent to an activating group) is 1. The zero-order valence-electron chi connectivity index (χ0n) is 12.7. The molecule has 1 atom stereocenters. The van der Waals surface area contributed by atoms with Gasteiger partial charge in [-0.05, 0) is 31.0 Å². The third-order valence-corrected chi connectivity index (χ3v) is 4.89. The molecular weight excluding hydrogens is 296 g/mol. The number of thiazole rings is 1. The largest absolute Gasteiger partial charge is 0.290 e. The van der Waals surface area contributed by atoms with Gasteiger partial charge in [-0.2, -0.15) is 0 Å². The standard InChI is InChI=1S/C16H20N4OS/c1-19(16-18-8-10-22-16)15(21)14-6-2-3-9-20(14)12-13-5-4-7-17-11-13/h4-5,7-8,10-11,14H,2-3,6,9,12H2,1H3/t14-/m0/s1. The van der Waals surface area contributed by atoms with E-state index in [1.54, 1.807) is 17.3 Å². The maximum Gasteiger partial charge on any atom is 0.245 e. The van der Waals surface area contributed by atoms with Gasteiger partial charge in [0.15, 0.2) is 5.13 Å². The molecule has 0 unspecified atom stereocenters. The highest BCUT2D eigenvalue weighted by molar-refractivity contribution is 7.13. The molecule has 6 heteroatoms. The van der Waals surface area contributed by atoms with E-state index in [-0.39, 0.29) is 11.9 Å². The smallest absolute Gasteiger partial charge is 0.245 e. The normalized spacial score (nSPS) is 19.0. The van der Waals surface area contributed by atoms with Gasteiger partial charge in [0, 0.05) is 37.6 Å². The van der Waals surface area contributed by atoms with Crippen LogP contribution in [0.25, 0.3) is 0 Å². The van der Waals surface area contributed by atoms with E-state index in [0.717, 1.165) is 43.0 Å². The summed E-state index contributed by atoms with van der Waals surface area (Å²) in [4.78, 5) is 25.2. The highest BCUT2D eigenvalue weighted by atomic mass is 32.1. The van der Waals surface area contributed by atoms with Crippen LogP contribution in [-0.4, -0.2) is 40.4 Å². The number of pyridine rings is 1. The van der Waals surface area contributed by atoms with Crippen LogP contribution in [0.4, 0.5) is 5.13 Å². The van der Waals surface area contributed by atoms with Crippen molar-refractivity contribution in [1.29, 1.82) is 0 Å². The highest BCUT2D eigenvalue weighted by Gasteiger charge is 2.31. The van der Waals surface area contributed by atoms with Gasteiger partial charge in [0.2, 0.25) is 5.91 Å². The number of hydrogen-bond donors (Lipinski definition) is 0. The molecule has 1 aliphatic heterocycles. The monoisotopic (exact) mass is 316 g/mol. The van der Waals surface area contributed by atoms with Crippen molar-refractivity contribution in [3.05, 3.63) is 41.7 Å². The fourth-order valence-electron chi connectivity index (χ4n) is 2.89. The van der Waals surface area contributed by atoms with Crippen molar-refractivity contribution in [2.45, 2.75) is 31.8 Å². The summed E-state index contributed by atoms with van der Waals surface area (Å²) in [5, 5.41) is 2.66. The summed E-state index contributed by atoms with van der Waals surface area (Å²) in [7, 11) is 1.82. The molecule has 0 aromatic carbocycles. The number of carbonyl (C=O) groups is 1. The van der Waals surface area contributed by atoms with Crippen molar-refractivity contribution in [3.63, 3.8) is 0 Å². The van der Waals surface area contributed by atoms with Crippen LogP contribution in [-0.2, 0) is 11.3 Å². The van der Waals surface area contributed by atoms with E-state index >= 15 is 0 Å². The van der Waals surface area contributed by atoms with Crippen LogP contribution in [0.3, 0.4) is 0 Å². The maximum atomic E-state index is 12.8. The lowest BCUT2D eigenvalue weighted by molar-refractivity contribution is -0.125. The minimum Gasteiger partial charge on any atom is -0.290 e. The summed E-state index contributed by atoms with van der Waals surface area (Å²) in [6.45, 7) is 1.73. The summed E-state index contributed by atoms with van der Waals surface area (Å²) < 4.78 is 0. The van der Waals surface area contributed by atoms with Crippen molar-refractivity contribution in [1.82, 2.24) is 14.9 Å². The average Bonchev–Trinajstić information content (AvgIpc) is 3.09. The van der Waals surface area contributed by atoms with Gasteiger partial charge >= 0.3 is 0 Å². The zero-order valence-corrected chi connectivity index (χ0v) is 13.5. The molecular formula is C16H20N4OS. The van der Waals surface area contributed by atoms with E-state index < -0.39 is 0 Å². The summed E-state index contributed by atoms with van der Waals surface area (Å²) in [6.07, 6.45) is 8.54. The van der Waals surface area contributed by atoms with Crippen LogP contribution < -0.4 is 4.90 Å². The molecule has 1 saturated heterocycles. The van der Waals surface area contributed by atoms with Crippen LogP contribution in [0.1, 0.15) is 24.8 Å². The van der Waals surface area contributed by atoms with Gasteiger partial charge in [-0.15, -0.1) is 11.3 Å². The van der Waals surface area contributed by atoms with Crippen LogP contribution in [0, 0.1) is 0 Å². The van der Waals surface area contributed by atoms with Crippen molar-refractivity contribution in [2.75, 3.05) is 18.5 Å². The molecule has 0 bridgehead atoms. The van der Waals surface area contributed by atoms with Crippen LogP contribution >= 0.6 is 11.3 Å². The van der Waals surface area contributed by atoms with E-state index in [2.05, 4.69) is 20.9 Å². The Morgan fingerprint density at radius 3 is 3.09 bits per heavy atom. The molecule has 0 spiro atoms. The molecule has 0 saturated carbocycles. The summed E-state index contributed by atoms with van der Waals surface area (Å²) in [5.74, 6) is 0.138. The topological polar surface area (TPSA) is 49.3 Å². The highest BCUT2D eigenvalue weighted by Crippen LogP contribution is 2.24. The minimum atomic E-state index is -0.0668. The fraction of sp³-hybridized carbons (Fsp3) is 0.438. The Morgan fingerprint density at radius 2 is 2.36 bits per heavy atom. The Kier molecular flexibility index (Phi) is 4.80. The lowest BCUT2D eigenvalue weighted by Gasteiger charge is -2.36. The molecule has 2 aromatic rings. The number of carbonyl (C=O) groups excluding carboxylic acids is 1. The fourth-order valence-corrected chi connectivity index (χ4v) is 3.50. The van der Waals surface area contributed by atoms with Gasteiger partial charge in [-0.25, -0.2) is 4.98 Å². The average molecular weight is 316 g/mol. The first-order valence-corrected chi connectivity index (χ1v) is 8.43. The predicted octanol–water partition coefficient (Wildman–Crippen LogP) is 2.56. The van der Waals surface area contributed by atoms with Gasteiger partial charge in [-0.1, -0.05) is 12.5 Å². The van der Waals surface area contributed by atoms with E-state index in [1.165, 1.54) is 11.3 Å². The van der Waals surface area contributed by atoms with Gasteiger partial charge in [0.05, 0.1) is 6.04 Å². The Morgan fingerprint density at radius 1 is 1.45 bits per heavy atom. The van der Waals surface area contributed by atoms with Crippen LogP contribution in [0.2, 0.25) is 0 Å². The third kappa shape index (κ3) is 3.34. The van der Waals surface area contributed by atoms with E-state index in [4.69, 9.17) is 0 Å². The van der Waals surface area contributed by atoms with Crippen LogP contribution in [0.15, 0.2) is 36.1 Å². The van der Waals surface area contributed by atoms with Crippen molar-refractivity contribution < 1.29 is 4.79 Å². The second kappa shape index (κ2) is 6.98. The zero-order chi connectivity index (χ0) is 15.4. The second-order valence-corrected chi connectivity index (χ2v) is 6.43. The maximum absolute atomic E-state index is 12.8. The number of nitrogens with zero attached hydrogens (tertiary/aromatic N) is 4. The first kappa shape index (κ1) is 15.1. The van der Waals surface area contributed by atoms with E-state index in [1.807, 2.05) is 24.7 Å². The number of aromatic nitrogens is 2. The molecule has 1 aliphatic rings. The molecule has 22 heavy (non-hydrogen) atoms. The summed E-state index contributed by atoms with van der Waals surface area (Å²) in [6, 6.07) is 3.94. The first-order chi connectivity index (χ1) is 10.8. The molecule has 1 amide bonds. The third-order valence-electron chi connectivity index (χ3n) is 4.04. The summed E-state index contributed by atoms with van der Waals surface area (Å²) in [5.41, 5.74) is 1.15. The molecule has 0 radical (unpaired) electrons. The molecule has 0 N–H and O–H groups in total. The van der Waals surface area contributed by atoms with Crippen LogP contribution in [0.5, 0.6) is 0 Å². The number of likely N-dealkylation sites (tertiary alicyclic amines) is 1. The van der Waals surface area contributed by atoms with Gasteiger partial charge in [0.25, 0.3) is 0 Å². The molecule has 3 rings (SSSR count). The SMILES string of the molecule is CN(C(=O)[C@@H]1CCCCN1Cc1cccnc1)c1nccs1. The Hall–Kier alpha value is -1.79. The molecule has 3 heterocycles. The second-order valence-electron chi connectivity index (χ2n) is 5.56. The number of rotatable bonds is 4. The number of piperidine rings is 1. The summed E-state index contributed by atoms with van der Waals surface area (Å²) >= 11 is 1.49. The quantitative estimate of drug-likeness (QED) is 0.870. The number of anilines is 1. The van der Waals surface area contributed by atoms with Gasteiger partial charge in [-0.3, -0.25) is 19.6 Å². The minimum absolute atomic E-state index is 0.0668. The van der Waals surface area contributed by atoms with Crippen molar-refractivity contribution >= 4 is 22.4 Å². The first-order valence-electron chi connectivity index (χ1n) is 7.56. The van der Waals surface area contributed by atoms with Gasteiger partial charge in [0.1, 0.15) is 0 Å². The molecule has 5 nitrogen and oxygen atoms in total. The number of amides is 1. The lowest BCUT2D eigenvalue weighted by atomic mass is 10.0. The Labute approximate surface area is 134 Å². The molecule has 0 aliphatic carbocycles. The molecule has 1 fully saturated rings.